The molecule has 0 aliphatic carbocycles. The summed E-state index contributed by atoms with van der Waals surface area (Å²) in [5, 5.41) is 2.43. The third-order valence-corrected chi connectivity index (χ3v) is 3.08. The molecule has 1 amide bonds. The number of ether oxygens (including phenoxy) is 2. The minimum atomic E-state index is -1.04. The van der Waals surface area contributed by atoms with Crippen molar-refractivity contribution in [2.24, 2.45) is 0 Å². The number of carbonyl (C=O) groups excluding carboxylic acids is 3. The van der Waals surface area contributed by atoms with Crippen molar-refractivity contribution in [2.45, 2.75) is 32.7 Å². The number of hydrogen-bond acceptors (Lipinski definition) is 6. The second-order valence-corrected chi connectivity index (χ2v) is 4.86. The second kappa shape index (κ2) is 9.49. The van der Waals surface area contributed by atoms with E-state index in [1.54, 1.807) is 13.8 Å². The zero-order valence-electron chi connectivity index (χ0n) is 13.6. The van der Waals surface area contributed by atoms with Crippen LogP contribution in [0.15, 0.2) is 18.2 Å². The number of nitrogens with one attached hydrogen (secondary N) is 1. The monoisotopic (exact) mass is 340 g/mol. The second-order valence-electron chi connectivity index (χ2n) is 4.86. The lowest BCUT2D eigenvalue weighted by molar-refractivity contribution is -0.146. The molecule has 1 aromatic carbocycles. The predicted molar refractivity (Wildman–Crippen MR) is 84.6 cm³/mol. The van der Waals surface area contributed by atoms with Crippen LogP contribution in [0.5, 0.6) is 0 Å². The van der Waals surface area contributed by atoms with E-state index in [1.165, 1.54) is 12.1 Å². The minimum Gasteiger partial charge on any atom is -0.466 e. The van der Waals surface area contributed by atoms with Gasteiger partial charge in [0.25, 0.3) is 5.91 Å². The summed E-state index contributed by atoms with van der Waals surface area (Å²) in [6.07, 6.45) is -0.0471. The van der Waals surface area contributed by atoms with Gasteiger partial charge >= 0.3 is 11.9 Å². The van der Waals surface area contributed by atoms with Crippen LogP contribution in [0.2, 0.25) is 0 Å². The topological polar surface area (TPSA) is 108 Å². The summed E-state index contributed by atoms with van der Waals surface area (Å²) in [4.78, 5) is 35.5. The Morgan fingerprint density at radius 1 is 1.21 bits per heavy atom. The normalized spacial score (nSPS) is 11.5. The number of halogens is 1. The molecule has 8 heteroatoms. The van der Waals surface area contributed by atoms with Gasteiger partial charge in [-0.1, -0.05) is 0 Å². The maximum absolute atomic E-state index is 13.4. The Morgan fingerprint density at radius 3 is 2.46 bits per heavy atom. The van der Waals surface area contributed by atoms with E-state index in [9.17, 15) is 18.8 Å². The Bertz CT molecular complexity index is 606. The summed E-state index contributed by atoms with van der Waals surface area (Å²) < 4.78 is 23.1. The molecule has 7 nitrogen and oxygen atoms in total. The Balaban J connectivity index is 2.78. The van der Waals surface area contributed by atoms with Crippen molar-refractivity contribution in [3.63, 3.8) is 0 Å². The first-order valence-corrected chi connectivity index (χ1v) is 7.57. The summed E-state index contributed by atoms with van der Waals surface area (Å²) in [6.45, 7) is 3.64. The molecule has 24 heavy (non-hydrogen) atoms. The molecular weight excluding hydrogens is 319 g/mol. The fourth-order valence-corrected chi connectivity index (χ4v) is 1.90. The Kier molecular flexibility index (Phi) is 7.67. The maximum atomic E-state index is 13.4. The quantitative estimate of drug-likeness (QED) is 0.547. The smallest absolute Gasteiger partial charge is 0.328 e. The van der Waals surface area contributed by atoms with E-state index >= 15 is 0 Å². The zero-order valence-corrected chi connectivity index (χ0v) is 13.6. The number of amides is 1. The van der Waals surface area contributed by atoms with E-state index < -0.39 is 29.7 Å². The number of hydrogen-bond donors (Lipinski definition) is 2. The van der Waals surface area contributed by atoms with Gasteiger partial charge < -0.3 is 20.5 Å². The summed E-state index contributed by atoms with van der Waals surface area (Å²) in [5.74, 6) is -2.57. The SMILES string of the molecule is CCOC(=O)CC[C@@H](NC(=O)c1ccc(N)c(F)c1)C(=O)OCC. The Hall–Kier alpha value is -2.64. The van der Waals surface area contributed by atoms with Gasteiger partial charge in [-0.05, 0) is 38.5 Å². The molecule has 1 atom stereocenters. The van der Waals surface area contributed by atoms with Gasteiger partial charge in [0.2, 0.25) is 0 Å². The first-order chi connectivity index (χ1) is 11.4. The van der Waals surface area contributed by atoms with E-state index in [2.05, 4.69) is 5.32 Å². The van der Waals surface area contributed by atoms with Crippen LogP contribution in [0.25, 0.3) is 0 Å². The first-order valence-electron chi connectivity index (χ1n) is 7.57. The molecule has 0 spiro atoms. The number of nitrogens with two attached hydrogens (primary N) is 1. The Labute approximate surface area is 139 Å². The molecule has 0 fully saturated rings. The number of nitrogen functional groups attached to an aromatic ring is 1. The molecule has 132 valence electrons. The van der Waals surface area contributed by atoms with Crippen LogP contribution < -0.4 is 11.1 Å². The minimum absolute atomic E-state index is 0.00660. The molecule has 0 aliphatic heterocycles. The molecular formula is C16H21FN2O5. The molecule has 0 bridgehead atoms. The molecule has 1 aromatic rings. The van der Waals surface area contributed by atoms with Gasteiger partial charge in [-0.2, -0.15) is 0 Å². The van der Waals surface area contributed by atoms with Gasteiger partial charge in [-0.15, -0.1) is 0 Å². The van der Waals surface area contributed by atoms with E-state index in [-0.39, 0.29) is 37.3 Å². The molecule has 0 aromatic heterocycles. The first kappa shape index (κ1) is 19.4. The fourth-order valence-electron chi connectivity index (χ4n) is 1.90. The largest absolute Gasteiger partial charge is 0.466 e. The lowest BCUT2D eigenvalue weighted by Crippen LogP contribution is -2.42. The highest BCUT2D eigenvalue weighted by Crippen LogP contribution is 2.12. The van der Waals surface area contributed by atoms with Crippen LogP contribution in [0.1, 0.15) is 37.0 Å². The summed E-state index contributed by atoms with van der Waals surface area (Å²) in [5.41, 5.74) is 5.27. The van der Waals surface area contributed by atoms with E-state index in [0.29, 0.717) is 0 Å². The highest BCUT2D eigenvalue weighted by Gasteiger charge is 2.24. The van der Waals surface area contributed by atoms with Crippen LogP contribution in [0, 0.1) is 5.82 Å². The van der Waals surface area contributed by atoms with Gasteiger partial charge in [0.15, 0.2) is 0 Å². The lowest BCUT2D eigenvalue weighted by atomic mass is 10.1. The van der Waals surface area contributed by atoms with E-state index in [1.807, 2.05) is 0 Å². The fraction of sp³-hybridized carbons (Fsp3) is 0.438. The summed E-state index contributed by atoms with van der Waals surface area (Å²) in [6, 6.07) is 2.52. The van der Waals surface area contributed by atoms with Crippen molar-refractivity contribution >= 4 is 23.5 Å². The third-order valence-electron chi connectivity index (χ3n) is 3.08. The van der Waals surface area contributed by atoms with Crippen LogP contribution in [-0.2, 0) is 19.1 Å². The molecule has 0 aliphatic rings. The van der Waals surface area contributed by atoms with Gasteiger partial charge in [-0.25, -0.2) is 9.18 Å². The average Bonchev–Trinajstić information content (AvgIpc) is 2.54. The van der Waals surface area contributed by atoms with Crippen molar-refractivity contribution in [3.8, 4) is 0 Å². The van der Waals surface area contributed by atoms with Crippen molar-refractivity contribution in [1.82, 2.24) is 5.32 Å². The van der Waals surface area contributed by atoms with Crippen molar-refractivity contribution in [3.05, 3.63) is 29.6 Å². The highest BCUT2D eigenvalue weighted by atomic mass is 19.1. The summed E-state index contributed by atoms with van der Waals surface area (Å²) in [7, 11) is 0. The molecule has 0 saturated heterocycles. The number of esters is 2. The molecule has 1 rings (SSSR count). The van der Waals surface area contributed by atoms with Gasteiger partial charge in [-0.3, -0.25) is 9.59 Å². The molecule has 3 N–H and O–H groups in total. The average molecular weight is 340 g/mol. The Morgan fingerprint density at radius 2 is 1.88 bits per heavy atom. The van der Waals surface area contributed by atoms with Crippen LogP contribution in [-0.4, -0.2) is 37.1 Å². The predicted octanol–water partition coefficient (Wildman–Crippen LogP) is 1.41. The van der Waals surface area contributed by atoms with Crippen LogP contribution in [0.4, 0.5) is 10.1 Å². The van der Waals surface area contributed by atoms with Crippen molar-refractivity contribution in [2.75, 3.05) is 18.9 Å². The lowest BCUT2D eigenvalue weighted by Gasteiger charge is -2.17. The number of rotatable bonds is 8. The van der Waals surface area contributed by atoms with E-state index in [4.69, 9.17) is 15.2 Å². The molecule has 0 radical (unpaired) electrons. The maximum Gasteiger partial charge on any atom is 0.328 e. The van der Waals surface area contributed by atoms with Crippen LogP contribution in [0.3, 0.4) is 0 Å². The highest BCUT2D eigenvalue weighted by molar-refractivity contribution is 5.97. The van der Waals surface area contributed by atoms with Crippen molar-refractivity contribution in [1.29, 1.82) is 0 Å². The zero-order chi connectivity index (χ0) is 18.1. The number of anilines is 1. The van der Waals surface area contributed by atoms with Crippen molar-refractivity contribution < 1.29 is 28.2 Å². The number of benzene rings is 1. The van der Waals surface area contributed by atoms with Gasteiger partial charge in [0, 0.05) is 12.0 Å². The molecule has 0 saturated carbocycles. The molecule has 0 unspecified atom stereocenters. The number of carbonyl (C=O) groups is 3. The van der Waals surface area contributed by atoms with Crippen LogP contribution >= 0.6 is 0 Å². The molecule has 0 heterocycles. The standard InChI is InChI=1S/C16H21FN2O5/c1-3-23-14(20)8-7-13(16(22)24-4-2)19-15(21)10-5-6-12(18)11(17)9-10/h5-6,9,13H,3-4,7-8,18H2,1-2H3,(H,19,21)/t13-/m1/s1. The van der Waals surface area contributed by atoms with Gasteiger partial charge in [0.05, 0.1) is 18.9 Å². The third kappa shape index (κ3) is 5.86. The van der Waals surface area contributed by atoms with Gasteiger partial charge in [0.1, 0.15) is 11.9 Å². The summed E-state index contributed by atoms with van der Waals surface area (Å²) >= 11 is 0. The van der Waals surface area contributed by atoms with E-state index in [0.717, 1.165) is 6.07 Å².